The number of halogens is 5. The first-order valence-corrected chi connectivity index (χ1v) is 6.55. The summed E-state index contributed by atoms with van der Waals surface area (Å²) in [5.74, 6) is -0.285. The highest BCUT2D eigenvalue weighted by molar-refractivity contribution is 9.10. The molecule has 1 unspecified atom stereocenters. The number of ether oxygens (including phenoxy) is 1. The Balaban J connectivity index is 3.06. The maximum atomic E-state index is 12.9. The number of rotatable bonds is 5. The van der Waals surface area contributed by atoms with Gasteiger partial charge in [0.05, 0.1) is 23.6 Å². The number of nitrogens with one attached hydrogen (secondary N) is 1. The smallest absolute Gasteiger partial charge is 0.420 e. The average molecular weight is 363 g/mol. The van der Waals surface area contributed by atoms with Crippen LogP contribution in [0.4, 0.5) is 18.9 Å². The molecular formula is C11H12BrClF3NO2. The maximum Gasteiger partial charge on any atom is 0.420 e. The molecule has 0 saturated carbocycles. The summed E-state index contributed by atoms with van der Waals surface area (Å²) in [6.45, 7) is 0.0551. The van der Waals surface area contributed by atoms with Crippen molar-refractivity contribution in [1.29, 1.82) is 0 Å². The molecule has 0 aliphatic heterocycles. The van der Waals surface area contributed by atoms with Gasteiger partial charge in [-0.15, -0.1) is 11.6 Å². The fourth-order valence-electron chi connectivity index (χ4n) is 1.40. The molecule has 0 aromatic heterocycles. The van der Waals surface area contributed by atoms with Crippen molar-refractivity contribution in [2.24, 2.45) is 0 Å². The molecular weight excluding hydrogens is 350 g/mol. The van der Waals surface area contributed by atoms with E-state index in [1.165, 1.54) is 13.2 Å². The highest BCUT2D eigenvalue weighted by Gasteiger charge is 2.35. The highest BCUT2D eigenvalue weighted by Crippen LogP contribution is 2.42. The van der Waals surface area contributed by atoms with Crippen molar-refractivity contribution in [2.75, 3.05) is 24.9 Å². The minimum atomic E-state index is -4.53. The van der Waals surface area contributed by atoms with Crippen LogP contribution in [0.25, 0.3) is 0 Å². The first kappa shape index (κ1) is 16.4. The number of aliphatic hydroxyl groups excluding tert-OH is 1. The molecule has 0 aliphatic carbocycles. The summed E-state index contributed by atoms with van der Waals surface area (Å²) < 4.78 is 43.5. The molecule has 0 amide bonds. The van der Waals surface area contributed by atoms with Gasteiger partial charge in [-0.3, -0.25) is 0 Å². The number of methoxy groups -OCH3 is 1. The third-order valence-corrected chi connectivity index (χ3v) is 3.22. The SMILES string of the molecule is COc1c(Br)cc(NCC(O)CCl)cc1C(F)(F)F. The molecule has 1 atom stereocenters. The van der Waals surface area contributed by atoms with Gasteiger partial charge in [0, 0.05) is 12.2 Å². The Labute approximate surface area is 121 Å². The molecule has 1 aromatic rings. The Morgan fingerprint density at radius 3 is 2.58 bits per heavy atom. The zero-order valence-corrected chi connectivity index (χ0v) is 12.2. The molecule has 1 rings (SSSR count). The number of hydrogen-bond acceptors (Lipinski definition) is 3. The van der Waals surface area contributed by atoms with Gasteiger partial charge in [0.1, 0.15) is 11.3 Å². The molecule has 0 aliphatic rings. The molecule has 0 saturated heterocycles. The van der Waals surface area contributed by atoms with Crippen molar-refractivity contribution in [2.45, 2.75) is 12.3 Å². The van der Waals surface area contributed by atoms with E-state index in [-0.39, 0.29) is 28.3 Å². The lowest BCUT2D eigenvalue weighted by Gasteiger charge is -2.17. The lowest BCUT2D eigenvalue weighted by Crippen LogP contribution is -2.21. The van der Waals surface area contributed by atoms with Crippen molar-refractivity contribution in [3.05, 3.63) is 22.2 Å². The van der Waals surface area contributed by atoms with Crippen LogP contribution in [0.3, 0.4) is 0 Å². The van der Waals surface area contributed by atoms with E-state index in [4.69, 9.17) is 16.3 Å². The summed E-state index contributed by atoms with van der Waals surface area (Å²) in [5, 5.41) is 11.9. The van der Waals surface area contributed by atoms with E-state index in [1.807, 2.05) is 0 Å². The van der Waals surface area contributed by atoms with Gasteiger partial charge >= 0.3 is 6.18 Å². The summed E-state index contributed by atoms with van der Waals surface area (Å²) in [4.78, 5) is 0. The van der Waals surface area contributed by atoms with Crippen LogP contribution >= 0.6 is 27.5 Å². The minimum Gasteiger partial charge on any atom is -0.495 e. The number of anilines is 1. The predicted molar refractivity (Wildman–Crippen MR) is 70.9 cm³/mol. The fraction of sp³-hybridized carbons (Fsp3) is 0.455. The van der Waals surface area contributed by atoms with Gasteiger partial charge in [0.25, 0.3) is 0 Å². The highest BCUT2D eigenvalue weighted by atomic mass is 79.9. The molecule has 0 fully saturated rings. The third-order valence-electron chi connectivity index (χ3n) is 2.27. The molecule has 108 valence electrons. The summed E-state index contributed by atoms with van der Waals surface area (Å²) in [7, 11) is 1.17. The van der Waals surface area contributed by atoms with E-state index >= 15 is 0 Å². The largest absolute Gasteiger partial charge is 0.495 e. The van der Waals surface area contributed by atoms with Gasteiger partial charge in [0.2, 0.25) is 0 Å². The molecule has 2 N–H and O–H groups in total. The Kier molecular flexibility index (Phi) is 5.76. The number of benzene rings is 1. The Bertz CT molecular complexity index is 443. The lowest BCUT2D eigenvalue weighted by atomic mass is 10.1. The minimum absolute atomic E-state index is 0.00352. The number of alkyl halides is 4. The van der Waals surface area contributed by atoms with Crippen LogP contribution in [-0.2, 0) is 6.18 Å². The summed E-state index contributed by atoms with van der Waals surface area (Å²) in [5.41, 5.74) is -0.684. The van der Waals surface area contributed by atoms with Gasteiger partial charge < -0.3 is 15.2 Å². The van der Waals surface area contributed by atoms with Crippen LogP contribution in [0.15, 0.2) is 16.6 Å². The van der Waals surface area contributed by atoms with Crippen LogP contribution < -0.4 is 10.1 Å². The third kappa shape index (κ3) is 4.43. The lowest BCUT2D eigenvalue weighted by molar-refractivity contribution is -0.138. The zero-order valence-electron chi connectivity index (χ0n) is 9.89. The van der Waals surface area contributed by atoms with E-state index in [0.717, 1.165) is 6.07 Å². The molecule has 0 spiro atoms. The molecule has 0 bridgehead atoms. The second-order valence-corrected chi connectivity index (χ2v) is 4.89. The van der Waals surface area contributed by atoms with Crippen molar-refractivity contribution in [1.82, 2.24) is 0 Å². The molecule has 0 radical (unpaired) electrons. The number of aliphatic hydroxyl groups is 1. The predicted octanol–water partition coefficient (Wildman–Crippen LogP) is 3.49. The fourth-order valence-corrected chi connectivity index (χ4v) is 2.13. The second-order valence-electron chi connectivity index (χ2n) is 3.73. The second kappa shape index (κ2) is 6.67. The standard InChI is InChI=1S/C11H12BrClF3NO2/c1-19-10-8(11(14,15)16)2-6(3-9(10)12)17-5-7(18)4-13/h2-3,7,17-18H,4-5H2,1H3. The Morgan fingerprint density at radius 2 is 2.11 bits per heavy atom. The van der Waals surface area contributed by atoms with Crippen LogP contribution in [0.1, 0.15) is 5.56 Å². The number of hydrogen-bond donors (Lipinski definition) is 2. The first-order valence-electron chi connectivity index (χ1n) is 5.22. The van der Waals surface area contributed by atoms with Gasteiger partial charge in [0.15, 0.2) is 0 Å². The average Bonchev–Trinajstić information content (AvgIpc) is 2.34. The van der Waals surface area contributed by atoms with E-state index in [0.29, 0.717) is 0 Å². The van der Waals surface area contributed by atoms with Gasteiger partial charge in [-0.25, -0.2) is 0 Å². The molecule has 1 aromatic carbocycles. The van der Waals surface area contributed by atoms with E-state index < -0.39 is 17.8 Å². The van der Waals surface area contributed by atoms with Gasteiger partial charge in [-0.1, -0.05) is 0 Å². The quantitative estimate of drug-likeness (QED) is 0.788. The van der Waals surface area contributed by atoms with Crippen LogP contribution in [0, 0.1) is 0 Å². The van der Waals surface area contributed by atoms with Crippen molar-refractivity contribution in [3.8, 4) is 5.75 Å². The molecule has 8 heteroatoms. The van der Waals surface area contributed by atoms with Crippen LogP contribution in [0.2, 0.25) is 0 Å². The Hall–Kier alpha value is -0.660. The van der Waals surface area contributed by atoms with Crippen molar-refractivity contribution >= 4 is 33.2 Å². The summed E-state index contributed by atoms with van der Waals surface area (Å²) in [6.07, 6.45) is -5.37. The zero-order chi connectivity index (χ0) is 14.6. The van der Waals surface area contributed by atoms with Gasteiger partial charge in [-0.05, 0) is 28.1 Å². The normalized spacial score (nSPS) is 13.2. The summed E-state index contributed by atoms with van der Waals surface area (Å²) >= 11 is 8.42. The Morgan fingerprint density at radius 1 is 1.47 bits per heavy atom. The van der Waals surface area contributed by atoms with Crippen LogP contribution in [0.5, 0.6) is 5.75 Å². The first-order chi connectivity index (χ1) is 8.79. The topological polar surface area (TPSA) is 41.5 Å². The van der Waals surface area contributed by atoms with Gasteiger partial charge in [-0.2, -0.15) is 13.2 Å². The maximum absolute atomic E-state index is 12.9. The van der Waals surface area contributed by atoms with Crippen molar-refractivity contribution < 1.29 is 23.0 Å². The van der Waals surface area contributed by atoms with E-state index in [9.17, 15) is 18.3 Å². The van der Waals surface area contributed by atoms with E-state index in [2.05, 4.69) is 21.2 Å². The van der Waals surface area contributed by atoms with Crippen LogP contribution in [-0.4, -0.2) is 30.7 Å². The van der Waals surface area contributed by atoms with Crippen molar-refractivity contribution in [3.63, 3.8) is 0 Å². The monoisotopic (exact) mass is 361 g/mol. The molecule has 19 heavy (non-hydrogen) atoms. The van der Waals surface area contributed by atoms with E-state index in [1.54, 1.807) is 0 Å². The summed E-state index contributed by atoms with van der Waals surface area (Å²) in [6, 6.07) is 2.36. The molecule has 0 heterocycles. The molecule has 3 nitrogen and oxygen atoms in total.